The highest BCUT2D eigenvalue weighted by atomic mass is 32.2. The predicted molar refractivity (Wildman–Crippen MR) is 132 cm³/mol. The number of aromatic nitrogens is 4. The normalized spacial score (nSPS) is 13.3. The lowest BCUT2D eigenvalue weighted by Gasteiger charge is -2.13. The summed E-state index contributed by atoms with van der Waals surface area (Å²) in [5.41, 5.74) is 6.25. The summed E-state index contributed by atoms with van der Waals surface area (Å²) in [5.74, 6) is 1.75. The Morgan fingerprint density at radius 2 is 2.06 bits per heavy atom. The minimum Gasteiger partial charge on any atom is -0.298 e. The monoisotopic (exact) mass is 464 g/mol. The summed E-state index contributed by atoms with van der Waals surface area (Å²) in [7, 11) is 0. The highest BCUT2D eigenvalue weighted by molar-refractivity contribution is 7.98. The van der Waals surface area contributed by atoms with Crippen molar-refractivity contribution in [1.29, 1.82) is 0 Å². The van der Waals surface area contributed by atoms with E-state index < -0.39 is 0 Å². The second kappa shape index (κ2) is 9.10. The van der Waals surface area contributed by atoms with Gasteiger partial charge in [-0.05, 0) is 44.2 Å². The molecule has 0 atom stereocenters. The Hall–Kier alpha value is -2.22. The van der Waals surface area contributed by atoms with Crippen LogP contribution in [0.25, 0.3) is 22.0 Å². The summed E-state index contributed by atoms with van der Waals surface area (Å²) in [6.45, 7) is 6.78. The van der Waals surface area contributed by atoms with Crippen LogP contribution in [0.3, 0.4) is 0 Å². The lowest BCUT2D eigenvalue weighted by Crippen LogP contribution is -2.04. The molecule has 1 aromatic carbocycles. The molecule has 0 fully saturated rings. The Morgan fingerprint density at radius 1 is 1.16 bits per heavy atom. The van der Waals surface area contributed by atoms with Gasteiger partial charge in [-0.3, -0.25) is 4.57 Å². The van der Waals surface area contributed by atoms with Crippen LogP contribution in [0, 0.1) is 6.92 Å². The molecule has 0 saturated carbocycles. The zero-order chi connectivity index (χ0) is 21.2. The molecule has 0 unspecified atom stereocenters. The Morgan fingerprint density at radius 3 is 2.94 bits per heavy atom. The van der Waals surface area contributed by atoms with Crippen molar-refractivity contribution in [3.05, 3.63) is 69.4 Å². The Balaban J connectivity index is 1.37. The fourth-order valence-corrected chi connectivity index (χ4v) is 6.88. The molecule has 0 spiro atoms. The van der Waals surface area contributed by atoms with Gasteiger partial charge in [-0.1, -0.05) is 41.6 Å². The molecule has 0 aliphatic heterocycles. The first kappa shape index (κ1) is 20.7. The average molecular weight is 465 g/mol. The maximum atomic E-state index is 4.85. The summed E-state index contributed by atoms with van der Waals surface area (Å²) >= 11 is 5.27. The number of hydrogen-bond acceptors (Lipinski definition) is 6. The van der Waals surface area contributed by atoms with E-state index in [1.165, 1.54) is 46.4 Å². The molecule has 3 aromatic heterocycles. The SMILES string of the molecule is C=CCn1c(SCc2csc(-c3cccc(C)c3)n2)nnc1-c1csc2c1CCCC2. The van der Waals surface area contributed by atoms with E-state index in [2.05, 4.69) is 63.3 Å². The minimum absolute atomic E-state index is 0.709. The van der Waals surface area contributed by atoms with E-state index >= 15 is 0 Å². The first-order valence-electron chi connectivity index (χ1n) is 10.5. The molecule has 0 saturated heterocycles. The van der Waals surface area contributed by atoms with E-state index in [-0.39, 0.29) is 0 Å². The molecule has 31 heavy (non-hydrogen) atoms. The molecule has 7 heteroatoms. The van der Waals surface area contributed by atoms with E-state index in [1.54, 1.807) is 23.1 Å². The van der Waals surface area contributed by atoms with Gasteiger partial charge in [0.1, 0.15) is 5.01 Å². The number of thiophene rings is 1. The molecule has 4 nitrogen and oxygen atoms in total. The topological polar surface area (TPSA) is 43.6 Å². The molecular weight excluding hydrogens is 440 g/mol. The molecule has 4 aromatic rings. The van der Waals surface area contributed by atoms with Crippen LogP contribution in [0.2, 0.25) is 0 Å². The molecule has 0 N–H and O–H groups in total. The number of benzene rings is 1. The number of rotatable bonds is 7. The lowest BCUT2D eigenvalue weighted by atomic mass is 9.95. The third kappa shape index (κ3) is 4.27. The fourth-order valence-electron chi connectivity index (χ4n) is 3.99. The number of nitrogens with zero attached hydrogens (tertiary/aromatic N) is 4. The summed E-state index contributed by atoms with van der Waals surface area (Å²) in [4.78, 5) is 6.37. The number of fused-ring (bicyclic) bond motifs is 1. The maximum absolute atomic E-state index is 4.85. The molecule has 0 amide bonds. The summed E-state index contributed by atoms with van der Waals surface area (Å²) in [5, 5.41) is 15.5. The highest BCUT2D eigenvalue weighted by Crippen LogP contribution is 2.37. The summed E-state index contributed by atoms with van der Waals surface area (Å²) in [6, 6.07) is 8.51. The number of aryl methyl sites for hydroxylation is 2. The summed E-state index contributed by atoms with van der Waals surface area (Å²) < 4.78 is 2.20. The van der Waals surface area contributed by atoms with Crippen molar-refractivity contribution in [3.8, 4) is 22.0 Å². The van der Waals surface area contributed by atoms with Crippen LogP contribution in [-0.2, 0) is 25.1 Å². The predicted octanol–water partition coefficient (Wildman–Crippen LogP) is 6.80. The largest absolute Gasteiger partial charge is 0.298 e. The third-order valence-electron chi connectivity index (χ3n) is 5.50. The van der Waals surface area contributed by atoms with Crippen LogP contribution in [-0.4, -0.2) is 19.7 Å². The van der Waals surface area contributed by atoms with Crippen molar-refractivity contribution in [2.75, 3.05) is 0 Å². The van der Waals surface area contributed by atoms with E-state index in [4.69, 9.17) is 4.98 Å². The second-order valence-corrected chi connectivity index (χ2v) is 10.5. The van der Waals surface area contributed by atoms with Crippen molar-refractivity contribution >= 4 is 34.4 Å². The quantitative estimate of drug-likeness (QED) is 0.223. The average Bonchev–Trinajstić information content (AvgIpc) is 3.51. The van der Waals surface area contributed by atoms with Gasteiger partial charge in [-0.15, -0.1) is 39.4 Å². The van der Waals surface area contributed by atoms with Gasteiger partial charge >= 0.3 is 0 Å². The van der Waals surface area contributed by atoms with E-state index in [9.17, 15) is 0 Å². The molecule has 0 bridgehead atoms. The lowest BCUT2D eigenvalue weighted by molar-refractivity contribution is 0.694. The van der Waals surface area contributed by atoms with E-state index in [0.717, 1.165) is 33.9 Å². The molecule has 1 aliphatic rings. The standard InChI is InChI=1S/C24H24N4S3/c1-3-11-28-22(20-15-29-21-10-5-4-9-19(20)21)26-27-24(28)31-14-18-13-30-23(25-18)17-8-6-7-16(2)12-17/h3,6-8,12-13,15H,1,4-5,9-11,14H2,2H3. The summed E-state index contributed by atoms with van der Waals surface area (Å²) in [6.07, 6.45) is 6.84. The van der Waals surface area contributed by atoms with Crippen molar-refractivity contribution in [3.63, 3.8) is 0 Å². The maximum Gasteiger partial charge on any atom is 0.192 e. The minimum atomic E-state index is 0.709. The van der Waals surface area contributed by atoms with Crippen LogP contribution in [0.1, 0.15) is 34.5 Å². The highest BCUT2D eigenvalue weighted by Gasteiger charge is 2.22. The van der Waals surface area contributed by atoms with Gasteiger partial charge in [-0.25, -0.2) is 4.98 Å². The van der Waals surface area contributed by atoms with E-state index in [0.29, 0.717) is 6.54 Å². The van der Waals surface area contributed by atoms with Gasteiger partial charge in [-0.2, -0.15) is 0 Å². The van der Waals surface area contributed by atoms with Crippen LogP contribution >= 0.6 is 34.4 Å². The Bertz CT molecular complexity index is 1220. The molecule has 3 heterocycles. The van der Waals surface area contributed by atoms with Gasteiger partial charge < -0.3 is 0 Å². The number of hydrogen-bond donors (Lipinski definition) is 0. The van der Waals surface area contributed by atoms with E-state index in [1.807, 2.05) is 17.4 Å². The zero-order valence-corrected chi connectivity index (χ0v) is 20.0. The Kier molecular flexibility index (Phi) is 6.07. The number of thioether (sulfide) groups is 1. The first-order valence-corrected chi connectivity index (χ1v) is 13.3. The zero-order valence-electron chi connectivity index (χ0n) is 17.5. The smallest absolute Gasteiger partial charge is 0.192 e. The van der Waals surface area contributed by atoms with Crippen molar-refractivity contribution in [1.82, 2.24) is 19.7 Å². The van der Waals surface area contributed by atoms with Crippen LogP contribution in [0.5, 0.6) is 0 Å². The van der Waals surface area contributed by atoms with Gasteiger partial charge in [0.15, 0.2) is 11.0 Å². The molecule has 0 radical (unpaired) electrons. The van der Waals surface area contributed by atoms with Gasteiger partial charge in [0.2, 0.25) is 0 Å². The van der Waals surface area contributed by atoms with Crippen LogP contribution in [0.4, 0.5) is 0 Å². The fraction of sp³-hybridized carbons (Fsp3) is 0.292. The van der Waals surface area contributed by atoms with Gasteiger partial charge in [0.05, 0.1) is 5.69 Å². The molecular formula is C24H24N4S3. The van der Waals surface area contributed by atoms with Gasteiger partial charge in [0, 0.05) is 39.1 Å². The molecule has 5 rings (SSSR count). The van der Waals surface area contributed by atoms with Gasteiger partial charge in [0.25, 0.3) is 0 Å². The van der Waals surface area contributed by atoms with Crippen molar-refractivity contribution in [2.45, 2.75) is 50.1 Å². The second-order valence-electron chi connectivity index (χ2n) is 7.77. The molecule has 1 aliphatic carbocycles. The van der Waals surface area contributed by atoms with Crippen LogP contribution < -0.4 is 0 Å². The number of thiazole rings is 1. The number of allylic oxidation sites excluding steroid dienone is 1. The Labute approximate surface area is 195 Å². The third-order valence-corrected chi connectivity index (χ3v) is 8.53. The van der Waals surface area contributed by atoms with Crippen molar-refractivity contribution in [2.24, 2.45) is 0 Å². The van der Waals surface area contributed by atoms with Crippen molar-refractivity contribution < 1.29 is 0 Å². The first-order chi connectivity index (χ1) is 15.2. The molecule has 158 valence electrons. The van der Waals surface area contributed by atoms with Crippen LogP contribution in [0.15, 0.2) is 52.8 Å².